The summed E-state index contributed by atoms with van der Waals surface area (Å²) in [4.78, 5) is 15.4. The first-order valence-corrected chi connectivity index (χ1v) is 17.6. The molecular weight excluding hydrogens is 635 g/mol. The molecule has 0 saturated carbocycles. The van der Waals surface area contributed by atoms with Crippen LogP contribution in [0.5, 0.6) is 0 Å². The van der Waals surface area contributed by atoms with E-state index in [1.807, 2.05) is 36.4 Å². The number of aromatic nitrogens is 5. The number of fused-ring (bicyclic) bond motifs is 9. The molecule has 0 unspecified atom stereocenters. The number of benzene rings is 8. The van der Waals surface area contributed by atoms with Gasteiger partial charge in [-0.25, -0.2) is 4.98 Å². The predicted molar refractivity (Wildman–Crippen MR) is 214 cm³/mol. The third kappa shape index (κ3) is 4.20. The van der Waals surface area contributed by atoms with E-state index in [4.69, 9.17) is 15.0 Å². The van der Waals surface area contributed by atoms with Crippen molar-refractivity contribution in [3.8, 4) is 34.4 Å². The Hall–Kier alpha value is -7.11. The Morgan fingerprint density at radius 2 is 0.885 bits per heavy atom. The summed E-state index contributed by atoms with van der Waals surface area (Å²) in [5.74, 6) is 1.84. The molecule has 0 aliphatic carbocycles. The highest BCUT2D eigenvalue weighted by Gasteiger charge is 2.24. The maximum Gasteiger partial charge on any atom is 0.238 e. The van der Waals surface area contributed by atoms with E-state index in [1.54, 1.807) is 0 Å². The highest BCUT2D eigenvalue weighted by Crippen LogP contribution is 2.44. The van der Waals surface area contributed by atoms with Gasteiger partial charge in [0.15, 0.2) is 11.6 Å². The lowest BCUT2D eigenvalue weighted by atomic mass is 10.0. The van der Waals surface area contributed by atoms with Crippen molar-refractivity contribution in [1.82, 2.24) is 24.1 Å². The van der Waals surface area contributed by atoms with Crippen LogP contribution < -0.4 is 0 Å². The minimum Gasteiger partial charge on any atom is -0.307 e. The summed E-state index contributed by atoms with van der Waals surface area (Å²) in [6.45, 7) is 0. The highest BCUT2D eigenvalue weighted by molar-refractivity contribution is 6.24. The Balaban J connectivity index is 1.34. The van der Waals surface area contributed by atoms with Crippen molar-refractivity contribution in [2.24, 2.45) is 0 Å². The molecule has 0 atom stereocenters. The maximum atomic E-state index is 5.22. The molecule has 52 heavy (non-hydrogen) atoms. The SMILES string of the molecule is c1ccc(-c2nc(-c3ccccc3)nc(-n3c4ccccc4c4c(-n5c6ccccc6c6ccc7ccccc7c65)c5ccccc5cc43)n2)cc1. The molecule has 3 heterocycles. The molecule has 242 valence electrons. The van der Waals surface area contributed by atoms with Gasteiger partial charge in [-0.3, -0.25) is 4.57 Å². The van der Waals surface area contributed by atoms with Crippen molar-refractivity contribution in [3.63, 3.8) is 0 Å². The summed E-state index contributed by atoms with van der Waals surface area (Å²) in [5.41, 5.74) is 7.45. The van der Waals surface area contributed by atoms with Crippen LogP contribution in [-0.2, 0) is 0 Å². The lowest BCUT2D eigenvalue weighted by Crippen LogP contribution is -2.06. The van der Waals surface area contributed by atoms with Crippen LogP contribution in [0.3, 0.4) is 0 Å². The number of nitrogens with zero attached hydrogens (tertiary/aromatic N) is 5. The zero-order valence-corrected chi connectivity index (χ0v) is 28.0. The summed E-state index contributed by atoms with van der Waals surface area (Å²) in [6.07, 6.45) is 0. The number of hydrogen-bond donors (Lipinski definition) is 0. The van der Waals surface area contributed by atoms with Gasteiger partial charge in [-0.15, -0.1) is 0 Å². The smallest absolute Gasteiger partial charge is 0.238 e. The molecule has 11 aromatic rings. The van der Waals surface area contributed by atoms with Crippen LogP contribution in [0.4, 0.5) is 0 Å². The van der Waals surface area contributed by atoms with E-state index >= 15 is 0 Å². The first-order valence-electron chi connectivity index (χ1n) is 17.6. The first kappa shape index (κ1) is 28.7. The van der Waals surface area contributed by atoms with E-state index in [0.29, 0.717) is 17.6 Å². The van der Waals surface area contributed by atoms with Crippen molar-refractivity contribution in [1.29, 1.82) is 0 Å². The Morgan fingerprint density at radius 1 is 0.346 bits per heavy atom. The minimum atomic E-state index is 0.577. The van der Waals surface area contributed by atoms with Crippen molar-refractivity contribution >= 4 is 65.2 Å². The second kappa shape index (κ2) is 11.2. The van der Waals surface area contributed by atoms with Crippen LogP contribution >= 0.6 is 0 Å². The summed E-state index contributed by atoms with van der Waals surface area (Å²) in [7, 11) is 0. The van der Waals surface area contributed by atoms with E-state index < -0.39 is 0 Å². The lowest BCUT2D eigenvalue weighted by molar-refractivity contribution is 0.953. The van der Waals surface area contributed by atoms with Crippen LogP contribution in [0, 0.1) is 0 Å². The van der Waals surface area contributed by atoms with Crippen molar-refractivity contribution in [2.45, 2.75) is 0 Å². The molecule has 0 spiro atoms. The predicted octanol–water partition coefficient (Wildman–Crippen LogP) is 11.7. The summed E-state index contributed by atoms with van der Waals surface area (Å²) in [5, 5.41) is 9.49. The average Bonchev–Trinajstić information content (AvgIpc) is 3.73. The second-order valence-electron chi connectivity index (χ2n) is 13.2. The van der Waals surface area contributed by atoms with Crippen molar-refractivity contribution in [2.75, 3.05) is 0 Å². The van der Waals surface area contributed by atoms with Gasteiger partial charge in [-0.2, -0.15) is 9.97 Å². The lowest BCUT2D eigenvalue weighted by Gasteiger charge is -2.16. The third-order valence-corrected chi connectivity index (χ3v) is 10.3. The quantitative estimate of drug-likeness (QED) is 0.188. The monoisotopic (exact) mass is 663 g/mol. The normalized spacial score (nSPS) is 11.8. The van der Waals surface area contributed by atoms with Gasteiger partial charge in [-0.05, 0) is 29.0 Å². The Labute approximate surface area is 298 Å². The molecule has 3 aromatic heterocycles. The summed E-state index contributed by atoms with van der Waals surface area (Å²) >= 11 is 0. The first-order chi connectivity index (χ1) is 25.8. The van der Waals surface area contributed by atoms with Gasteiger partial charge in [0.2, 0.25) is 5.95 Å². The van der Waals surface area contributed by atoms with Crippen molar-refractivity contribution < 1.29 is 0 Å². The average molecular weight is 664 g/mol. The van der Waals surface area contributed by atoms with Crippen molar-refractivity contribution in [3.05, 3.63) is 176 Å². The second-order valence-corrected chi connectivity index (χ2v) is 13.2. The van der Waals surface area contributed by atoms with E-state index in [2.05, 4.69) is 149 Å². The van der Waals surface area contributed by atoms with Crippen LogP contribution in [0.15, 0.2) is 176 Å². The standard InChI is InChI=1S/C47H29N5/c1-3-16-31(17-4-1)45-48-46(32-18-5-2-6-19-32)50-47(49-45)51-40-26-14-12-24-38(40)42-41(51)29-33-20-8-10-22-35(33)44(42)52-39-25-13-11-23-36(39)37-28-27-30-15-7-9-21-34(30)43(37)52/h1-29H. The van der Waals surface area contributed by atoms with Gasteiger partial charge < -0.3 is 4.57 Å². The molecule has 0 N–H and O–H groups in total. The van der Waals surface area contributed by atoms with Gasteiger partial charge in [0, 0.05) is 43.4 Å². The minimum absolute atomic E-state index is 0.577. The number of para-hydroxylation sites is 2. The molecule has 0 bridgehead atoms. The Bertz CT molecular complexity index is 3120. The third-order valence-electron chi connectivity index (χ3n) is 10.3. The van der Waals surface area contributed by atoms with E-state index in [1.165, 1.54) is 38.0 Å². The topological polar surface area (TPSA) is 48.5 Å². The molecular formula is C47H29N5. The van der Waals surface area contributed by atoms with E-state index in [-0.39, 0.29) is 0 Å². The van der Waals surface area contributed by atoms with Crippen LogP contribution in [-0.4, -0.2) is 24.1 Å². The summed E-state index contributed by atoms with van der Waals surface area (Å²) in [6, 6.07) is 62.0. The molecule has 0 amide bonds. The number of hydrogen-bond acceptors (Lipinski definition) is 3. The van der Waals surface area contributed by atoms with Gasteiger partial charge in [0.05, 0.1) is 27.8 Å². The molecule has 0 saturated heterocycles. The van der Waals surface area contributed by atoms with Gasteiger partial charge in [0.1, 0.15) is 0 Å². The maximum absolute atomic E-state index is 5.22. The van der Waals surface area contributed by atoms with Crippen LogP contribution in [0.25, 0.3) is 99.6 Å². The Morgan fingerprint density at radius 3 is 1.58 bits per heavy atom. The molecule has 8 aromatic carbocycles. The van der Waals surface area contributed by atoms with E-state index in [0.717, 1.165) is 44.0 Å². The van der Waals surface area contributed by atoms with Gasteiger partial charge in [-0.1, -0.05) is 158 Å². The fourth-order valence-electron chi connectivity index (χ4n) is 8.07. The highest BCUT2D eigenvalue weighted by atomic mass is 15.2. The number of rotatable bonds is 4. The zero-order chi connectivity index (χ0) is 34.2. The van der Waals surface area contributed by atoms with E-state index in [9.17, 15) is 0 Å². The van der Waals surface area contributed by atoms with Crippen LogP contribution in [0.1, 0.15) is 0 Å². The Kier molecular flexibility index (Phi) is 6.18. The molecule has 0 aliphatic heterocycles. The molecule has 5 heteroatoms. The fraction of sp³-hybridized carbons (Fsp3) is 0. The largest absolute Gasteiger partial charge is 0.307 e. The fourth-order valence-corrected chi connectivity index (χ4v) is 8.07. The molecule has 11 rings (SSSR count). The van der Waals surface area contributed by atoms with Gasteiger partial charge in [0.25, 0.3) is 0 Å². The van der Waals surface area contributed by atoms with Gasteiger partial charge >= 0.3 is 0 Å². The summed E-state index contributed by atoms with van der Waals surface area (Å²) < 4.78 is 4.74. The molecule has 0 radical (unpaired) electrons. The molecule has 5 nitrogen and oxygen atoms in total. The molecule has 0 fully saturated rings. The molecule has 0 aliphatic rings. The van der Waals surface area contributed by atoms with Crippen LogP contribution in [0.2, 0.25) is 0 Å². The zero-order valence-electron chi connectivity index (χ0n) is 28.0.